The van der Waals surface area contributed by atoms with Crippen LogP contribution in [0.3, 0.4) is 0 Å². The van der Waals surface area contributed by atoms with Crippen LogP contribution in [-0.4, -0.2) is 35.4 Å². The number of methoxy groups -OCH3 is 2. The van der Waals surface area contributed by atoms with Crippen LogP contribution in [0.15, 0.2) is 47.3 Å². The summed E-state index contributed by atoms with van der Waals surface area (Å²) in [6.07, 6.45) is 7.54. The molecule has 2 aromatic heterocycles. The highest BCUT2D eigenvalue weighted by atomic mass is 32.1. The Kier molecular flexibility index (Phi) is 7.04. The van der Waals surface area contributed by atoms with Crippen molar-refractivity contribution in [3.63, 3.8) is 0 Å². The van der Waals surface area contributed by atoms with Crippen molar-refractivity contribution in [2.75, 3.05) is 20.8 Å². The van der Waals surface area contributed by atoms with E-state index in [1.54, 1.807) is 20.3 Å². The van der Waals surface area contributed by atoms with Crippen molar-refractivity contribution in [2.45, 2.75) is 19.8 Å². The van der Waals surface area contributed by atoms with E-state index in [1.807, 2.05) is 54.6 Å². The van der Waals surface area contributed by atoms with Crippen molar-refractivity contribution >= 4 is 34.5 Å². The molecule has 170 valence electrons. The second-order valence-corrected chi connectivity index (χ2v) is 8.31. The lowest BCUT2D eigenvalue weighted by Crippen LogP contribution is -2.23. The first-order chi connectivity index (χ1) is 16.1. The summed E-state index contributed by atoms with van der Waals surface area (Å²) in [7, 11) is 3.24. The van der Waals surface area contributed by atoms with Gasteiger partial charge in [0.2, 0.25) is 4.96 Å². The van der Waals surface area contributed by atoms with Gasteiger partial charge in [0.25, 0.3) is 5.56 Å². The van der Waals surface area contributed by atoms with Gasteiger partial charge in [-0.3, -0.25) is 4.79 Å². The van der Waals surface area contributed by atoms with Gasteiger partial charge in [0, 0.05) is 0 Å². The molecule has 33 heavy (non-hydrogen) atoms. The fourth-order valence-electron chi connectivity index (χ4n) is 3.18. The van der Waals surface area contributed by atoms with Gasteiger partial charge in [-0.25, -0.2) is 0 Å². The van der Waals surface area contributed by atoms with E-state index in [0.29, 0.717) is 33.4 Å². The van der Waals surface area contributed by atoms with Crippen molar-refractivity contribution in [1.82, 2.24) is 14.6 Å². The molecule has 0 fully saturated rings. The molecule has 0 aliphatic carbocycles. The Labute approximate surface area is 195 Å². The van der Waals surface area contributed by atoms with Gasteiger partial charge in [0.1, 0.15) is 5.75 Å². The highest BCUT2D eigenvalue weighted by Gasteiger charge is 2.10. The van der Waals surface area contributed by atoms with Crippen LogP contribution in [0.1, 0.15) is 36.7 Å². The van der Waals surface area contributed by atoms with Crippen molar-refractivity contribution in [1.29, 1.82) is 0 Å². The number of hydrogen-bond donors (Lipinski definition) is 0. The minimum Gasteiger partial charge on any atom is -0.497 e. The van der Waals surface area contributed by atoms with Crippen molar-refractivity contribution in [3.8, 4) is 17.2 Å². The molecule has 0 aliphatic rings. The minimum absolute atomic E-state index is 0.200. The maximum Gasteiger partial charge on any atom is 0.291 e. The number of aromatic nitrogens is 3. The van der Waals surface area contributed by atoms with E-state index < -0.39 is 0 Å². The lowest BCUT2D eigenvalue weighted by atomic mass is 10.2. The number of rotatable bonds is 9. The second-order valence-electron chi connectivity index (χ2n) is 7.30. The molecule has 0 amide bonds. The van der Waals surface area contributed by atoms with E-state index in [0.717, 1.165) is 29.7 Å². The number of unbranched alkanes of at least 4 members (excludes halogenated alkanes) is 1. The third-order valence-corrected chi connectivity index (χ3v) is 5.94. The monoisotopic (exact) mass is 463 g/mol. The summed E-state index contributed by atoms with van der Waals surface area (Å²) in [5, 5.41) is 4.34. The summed E-state index contributed by atoms with van der Waals surface area (Å²) in [6.45, 7) is 2.76. The molecular weight excluding hydrogens is 438 g/mol. The maximum atomic E-state index is 12.8. The molecule has 2 aromatic carbocycles. The molecule has 0 spiro atoms. The zero-order valence-electron chi connectivity index (χ0n) is 18.8. The molecule has 4 aromatic rings. The first-order valence-corrected chi connectivity index (χ1v) is 11.5. The van der Waals surface area contributed by atoms with E-state index in [2.05, 4.69) is 17.0 Å². The van der Waals surface area contributed by atoms with E-state index in [9.17, 15) is 4.79 Å². The molecule has 0 unspecified atom stereocenters. The SMILES string of the molecule is CCCCOc1ccc(/C=c2/sc3nc(/C=C/c4ccc(OC)cc4)nn3c2=O)cc1OC. The van der Waals surface area contributed by atoms with Crippen molar-refractivity contribution in [3.05, 3.63) is 74.3 Å². The highest BCUT2D eigenvalue weighted by Crippen LogP contribution is 2.28. The Morgan fingerprint density at radius 2 is 1.79 bits per heavy atom. The standard InChI is InChI=1S/C25H25N3O4S/c1-4-5-14-32-20-12-8-18(15-21(20)31-3)16-22-24(29)28-25(33-22)26-23(27-28)13-9-17-6-10-19(30-2)11-7-17/h6-13,15-16H,4-5,14H2,1-3H3/b13-9+,22-16+. The molecule has 0 atom stereocenters. The number of hydrogen-bond acceptors (Lipinski definition) is 7. The van der Waals surface area contributed by atoms with Crippen LogP contribution in [0.5, 0.6) is 17.2 Å². The Balaban J connectivity index is 1.56. The topological polar surface area (TPSA) is 75.0 Å². The normalized spacial score (nSPS) is 12.0. The Morgan fingerprint density at radius 3 is 2.48 bits per heavy atom. The predicted octanol–water partition coefficient (Wildman–Crippen LogP) is 4.07. The maximum absolute atomic E-state index is 12.8. The molecule has 0 aliphatic heterocycles. The molecule has 0 saturated heterocycles. The Morgan fingerprint density at radius 1 is 1.00 bits per heavy atom. The predicted molar refractivity (Wildman–Crippen MR) is 131 cm³/mol. The van der Waals surface area contributed by atoms with Gasteiger partial charge in [0.05, 0.1) is 25.4 Å². The summed E-state index contributed by atoms with van der Waals surface area (Å²) < 4.78 is 18.3. The lowest BCUT2D eigenvalue weighted by molar-refractivity contribution is 0.288. The fraction of sp³-hybridized carbons (Fsp3) is 0.240. The quantitative estimate of drug-likeness (QED) is 0.349. The number of thiazole rings is 1. The number of fused-ring (bicyclic) bond motifs is 1. The molecule has 4 rings (SSSR count). The van der Waals surface area contributed by atoms with Crippen LogP contribution >= 0.6 is 11.3 Å². The van der Waals surface area contributed by atoms with E-state index >= 15 is 0 Å². The van der Waals surface area contributed by atoms with Gasteiger partial charge < -0.3 is 14.2 Å². The van der Waals surface area contributed by atoms with Gasteiger partial charge in [-0.05, 0) is 54.0 Å². The molecular formula is C25H25N3O4S. The summed E-state index contributed by atoms with van der Waals surface area (Å²) in [5.74, 6) is 2.61. The second kappa shape index (κ2) is 10.3. The molecule has 7 nitrogen and oxygen atoms in total. The zero-order valence-corrected chi connectivity index (χ0v) is 19.6. The van der Waals surface area contributed by atoms with Crippen LogP contribution in [0, 0.1) is 0 Å². The van der Waals surface area contributed by atoms with Gasteiger partial charge in [-0.1, -0.05) is 49.0 Å². The zero-order chi connectivity index (χ0) is 23.2. The van der Waals surface area contributed by atoms with Gasteiger partial charge in [-0.2, -0.15) is 9.50 Å². The van der Waals surface area contributed by atoms with Crippen molar-refractivity contribution in [2.24, 2.45) is 0 Å². The lowest BCUT2D eigenvalue weighted by Gasteiger charge is -2.10. The number of nitrogens with zero attached hydrogens (tertiary/aromatic N) is 3. The summed E-state index contributed by atoms with van der Waals surface area (Å²) in [6, 6.07) is 13.3. The van der Waals surface area contributed by atoms with Crippen molar-refractivity contribution < 1.29 is 14.2 Å². The molecule has 0 radical (unpaired) electrons. The van der Waals surface area contributed by atoms with Gasteiger partial charge in [-0.15, -0.1) is 5.10 Å². The minimum atomic E-state index is -0.200. The van der Waals surface area contributed by atoms with Gasteiger partial charge in [0.15, 0.2) is 17.3 Å². The summed E-state index contributed by atoms with van der Waals surface area (Å²) >= 11 is 1.30. The van der Waals surface area contributed by atoms with Crippen LogP contribution < -0.4 is 24.3 Å². The molecule has 0 N–H and O–H groups in total. The first-order valence-electron chi connectivity index (χ1n) is 10.7. The third kappa shape index (κ3) is 5.23. The third-order valence-electron chi connectivity index (χ3n) is 4.98. The van der Waals surface area contributed by atoms with Crippen LogP contribution in [0.2, 0.25) is 0 Å². The fourth-order valence-corrected chi connectivity index (χ4v) is 4.09. The summed E-state index contributed by atoms with van der Waals surface area (Å²) in [5.41, 5.74) is 1.63. The molecule has 0 bridgehead atoms. The number of benzene rings is 2. The Bertz CT molecular complexity index is 1370. The van der Waals surface area contributed by atoms with E-state index in [1.165, 1.54) is 15.9 Å². The highest BCUT2D eigenvalue weighted by molar-refractivity contribution is 7.15. The van der Waals surface area contributed by atoms with E-state index in [-0.39, 0.29) is 5.56 Å². The molecule has 8 heteroatoms. The largest absolute Gasteiger partial charge is 0.497 e. The molecule has 2 heterocycles. The van der Waals surface area contributed by atoms with Crippen LogP contribution in [0.4, 0.5) is 0 Å². The van der Waals surface area contributed by atoms with Gasteiger partial charge >= 0.3 is 0 Å². The smallest absolute Gasteiger partial charge is 0.291 e. The Hall–Kier alpha value is -3.65. The van der Waals surface area contributed by atoms with E-state index in [4.69, 9.17) is 14.2 Å². The summed E-state index contributed by atoms with van der Waals surface area (Å²) in [4.78, 5) is 17.8. The molecule has 0 saturated carbocycles. The first kappa shape index (κ1) is 22.5. The van der Waals surface area contributed by atoms with Crippen LogP contribution in [-0.2, 0) is 0 Å². The average molecular weight is 464 g/mol. The average Bonchev–Trinajstić information content (AvgIpc) is 3.37. The van der Waals surface area contributed by atoms with Crippen LogP contribution in [0.25, 0.3) is 23.2 Å². The number of ether oxygens (including phenoxy) is 3.